The van der Waals surface area contributed by atoms with Crippen LogP contribution in [0, 0.1) is 10.1 Å². The van der Waals surface area contributed by atoms with E-state index in [0.29, 0.717) is 18.7 Å². The first kappa shape index (κ1) is 23.4. The first-order valence-corrected chi connectivity index (χ1v) is 11.0. The van der Waals surface area contributed by atoms with Gasteiger partial charge in [0.15, 0.2) is 0 Å². The van der Waals surface area contributed by atoms with E-state index in [1.807, 2.05) is 35.2 Å². The lowest BCUT2D eigenvalue weighted by molar-refractivity contribution is -0.491. The third-order valence-corrected chi connectivity index (χ3v) is 5.68. The predicted octanol–water partition coefficient (Wildman–Crippen LogP) is 2.68. The summed E-state index contributed by atoms with van der Waals surface area (Å²) in [6.07, 6.45) is 3.07. The van der Waals surface area contributed by atoms with Crippen LogP contribution >= 0.6 is 0 Å². The number of hydrogen-bond acceptors (Lipinski definition) is 5. The van der Waals surface area contributed by atoms with Gasteiger partial charge in [0.1, 0.15) is 6.10 Å². The third-order valence-electron chi connectivity index (χ3n) is 5.68. The Hall–Kier alpha value is -3.26. The Morgan fingerprint density at radius 1 is 1.00 bits per heavy atom. The predicted molar refractivity (Wildman–Crippen MR) is 120 cm³/mol. The molecule has 2 amide bonds. The summed E-state index contributed by atoms with van der Waals surface area (Å²) in [6.45, 7) is 0.744. The van der Waals surface area contributed by atoms with Gasteiger partial charge in [-0.3, -0.25) is 19.7 Å². The number of rotatable bonds is 8. The van der Waals surface area contributed by atoms with Gasteiger partial charge in [-0.1, -0.05) is 49.2 Å². The second-order valence-corrected chi connectivity index (χ2v) is 8.14. The number of aliphatic hydroxyl groups excluding tert-OH is 1. The van der Waals surface area contributed by atoms with Gasteiger partial charge in [0.05, 0.1) is 6.04 Å². The van der Waals surface area contributed by atoms with Crippen LogP contribution in [0.3, 0.4) is 0 Å². The molecule has 1 heterocycles. The second kappa shape index (κ2) is 11.4. The number of benzene rings is 2. The molecule has 8 nitrogen and oxygen atoms in total. The lowest BCUT2D eigenvalue weighted by Gasteiger charge is -2.23. The molecule has 0 radical (unpaired) electrons. The molecule has 0 unspecified atom stereocenters. The van der Waals surface area contributed by atoms with Crippen molar-refractivity contribution >= 4 is 11.8 Å². The van der Waals surface area contributed by atoms with Gasteiger partial charge in [0.2, 0.25) is 6.54 Å². The lowest BCUT2D eigenvalue weighted by atomic mass is 10.00. The van der Waals surface area contributed by atoms with E-state index >= 15 is 0 Å². The van der Waals surface area contributed by atoms with Gasteiger partial charge >= 0.3 is 0 Å². The van der Waals surface area contributed by atoms with Crippen LogP contribution < -0.4 is 5.32 Å². The van der Waals surface area contributed by atoms with E-state index in [9.17, 15) is 24.8 Å². The average Bonchev–Trinajstić information content (AvgIpc) is 3.08. The van der Waals surface area contributed by atoms with Crippen molar-refractivity contribution in [3.8, 4) is 0 Å². The lowest BCUT2D eigenvalue weighted by Crippen LogP contribution is -2.47. The Morgan fingerprint density at radius 3 is 2.31 bits per heavy atom. The average molecular weight is 440 g/mol. The number of nitrogens with zero attached hydrogens (tertiary/aromatic N) is 2. The van der Waals surface area contributed by atoms with E-state index in [4.69, 9.17) is 0 Å². The molecule has 0 aliphatic carbocycles. The van der Waals surface area contributed by atoms with Gasteiger partial charge in [-0.15, -0.1) is 0 Å². The zero-order valence-electron chi connectivity index (χ0n) is 18.0. The van der Waals surface area contributed by atoms with Crippen LogP contribution in [0.1, 0.15) is 52.0 Å². The summed E-state index contributed by atoms with van der Waals surface area (Å²) >= 11 is 0. The normalized spacial score (nSPS) is 16.0. The number of hydrogen-bond donors (Lipinski definition) is 2. The smallest absolute Gasteiger partial charge is 0.253 e. The highest BCUT2D eigenvalue weighted by molar-refractivity contribution is 5.99. The monoisotopic (exact) mass is 439 g/mol. The SMILES string of the molecule is O=C(N[C@@H](Cc1ccccc1)[C@H](O)C[N+](=O)[O-])c1cccc(C(=O)N2CCCCCC2)c1. The van der Waals surface area contributed by atoms with Crippen LogP contribution in [-0.2, 0) is 6.42 Å². The highest BCUT2D eigenvalue weighted by atomic mass is 16.6. The molecular weight excluding hydrogens is 410 g/mol. The van der Waals surface area contributed by atoms with Crippen molar-refractivity contribution in [3.05, 3.63) is 81.4 Å². The molecule has 1 aliphatic heterocycles. The number of carbonyl (C=O) groups is 2. The summed E-state index contributed by atoms with van der Waals surface area (Å²) in [5.74, 6) is -0.588. The van der Waals surface area contributed by atoms with Gasteiger partial charge in [0.25, 0.3) is 11.8 Å². The van der Waals surface area contributed by atoms with Crippen molar-refractivity contribution in [2.45, 2.75) is 44.2 Å². The Bertz CT molecular complexity index is 926. The summed E-state index contributed by atoms with van der Waals surface area (Å²) in [4.78, 5) is 38.0. The van der Waals surface area contributed by atoms with Gasteiger partial charge in [-0.25, -0.2) is 0 Å². The Kier molecular flexibility index (Phi) is 8.33. The van der Waals surface area contributed by atoms with Crippen molar-refractivity contribution in [1.29, 1.82) is 0 Å². The molecule has 0 aromatic heterocycles. The molecular formula is C24H29N3O5. The summed E-state index contributed by atoms with van der Waals surface area (Å²) in [5, 5.41) is 24.0. The van der Waals surface area contributed by atoms with E-state index in [0.717, 1.165) is 31.2 Å². The van der Waals surface area contributed by atoms with Crippen molar-refractivity contribution < 1.29 is 19.6 Å². The molecule has 1 fully saturated rings. The summed E-state index contributed by atoms with van der Waals surface area (Å²) < 4.78 is 0. The van der Waals surface area contributed by atoms with Crippen LogP contribution in [-0.4, -0.2) is 58.5 Å². The minimum atomic E-state index is -1.35. The van der Waals surface area contributed by atoms with Crippen LogP contribution in [0.2, 0.25) is 0 Å². The van der Waals surface area contributed by atoms with Gasteiger partial charge in [-0.2, -0.15) is 0 Å². The molecule has 2 N–H and O–H groups in total. The molecule has 3 rings (SSSR count). The Labute approximate surface area is 187 Å². The van der Waals surface area contributed by atoms with Crippen LogP contribution in [0.25, 0.3) is 0 Å². The largest absolute Gasteiger partial charge is 0.384 e. The number of likely N-dealkylation sites (tertiary alicyclic amines) is 1. The summed E-state index contributed by atoms with van der Waals surface area (Å²) in [5.41, 5.74) is 1.55. The van der Waals surface area contributed by atoms with Crippen molar-refractivity contribution in [1.82, 2.24) is 10.2 Å². The van der Waals surface area contributed by atoms with Gasteiger partial charge < -0.3 is 15.3 Å². The number of amides is 2. The minimum Gasteiger partial charge on any atom is -0.384 e. The Morgan fingerprint density at radius 2 is 1.66 bits per heavy atom. The third kappa shape index (κ3) is 6.62. The number of nitro groups is 1. The molecule has 0 spiro atoms. The van der Waals surface area contributed by atoms with Gasteiger partial charge in [-0.05, 0) is 43.0 Å². The quantitative estimate of drug-likeness (QED) is 0.485. The number of nitrogens with one attached hydrogen (secondary N) is 1. The number of aliphatic hydroxyl groups is 1. The second-order valence-electron chi connectivity index (χ2n) is 8.14. The maximum Gasteiger partial charge on any atom is 0.253 e. The van der Waals surface area contributed by atoms with Gasteiger partial charge in [0, 0.05) is 29.1 Å². The van der Waals surface area contributed by atoms with Crippen molar-refractivity contribution in [3.63, 3.8) is 0 Å². The standard InChI is InChI=1S/C24H29N3O5/c28-22(17-27(31)32)21(15-18-9-4-3-5-10-18)25-23(29)19-11-8-12-20(16-19)24(30)26-13-6-1-2-7-14-26/h3-5,8-12,16,21-22,28H,1-2,6-7,13-15,17H2,(H,25,29)/t21-,22+/m0/s1. The molecule has 2 aromatic rings. The molecule has 32 heavy (non-hydrogen) atoms. The zero-order chi connectivity index (χ0) is 22.9. The van der Waals surface area contributed by atoms with E-state index in [1.165, 1.54) is 0 Å². The molecule has 170 valence electrons. The van der Waals surface area contributed by atoms with Crippen molar-refractivity contribution in [2.24, 2.45) is 0 Å². The van der Waals surface area contributed by atoms with Crippen molar-refractivity contribution in [2.75, 3.05) is 19.6 Å². The highest BCUT2D eigenvalue weighted by Gasteiger charge is 2.27. The molecule has 1 aliphatic rings. The van der Waals surface area contributed by atoms with E-state index in [2.05, 4.69) is 5.32 Å². The molecule has 0 bridgehead atoms. The molecule has 0 saturated carbocycles. The summed E-state index contributed by atoms with van der Waals surface area (Å²) in [6, 6.07) is 14.8. The first-order chi connectivity index (χ1) is 15.4. The van der Waals surface area contributed by atoms with Crippen LogP contribution in [0.5, 0.6) is 0 Å². The first-order valence-electron chi connectivity index (χ1n) is 11.0. The van der Waals surface area contributed by atoms with Crippen LogP contribution in [0.4, 0.5) is 0 Å². The summed E-state index contributed by atoms with van der Waals surface area (Å²) in [7, 11) is 0. The fourth-order valence-corrected chi connectivity index (χ4v) is 3.93. The maximum atomic E-state index is 12.9. The highest BCUT2D eigenvalue weighted by Crippen LogP contribution is 2.15. The van der Waals surface area contributed by atoms with E-state index in [1.54, 1.807) is 24.3 Å². The van der Waals surface area contributed by atoms with Crippen LogP contribution in [0.15, 0.2) is 54.6 Å². The zero-order valence-corrected chi connectivity index (χ0v) is 18.0. The number of carbonyl (C=O) groups excluding carboxylic acids is 2. The molecule has 8 heteroatoms. The fourth-order valence-electron chi connectivity index (χ4n) is 3.93. The minimum absolute atomic E-state index is 0.101. The maximum absolute atomic E-state index is 12.9. The molecule has 1 saturated heterocycles. The van der Waals surface area contributed by atoms with E-state index < -0.39 is 29.5 Å². The topological polar surface area (TPSA) is 113 Å². The molecule has 2 aromatic carbocycles. The molecule has 2 atom stereocenters. The van der Waals surface area contributed by atoms with E-state index in [-0.39, 0.29) is 17.9 Å². The fraction of sp³-hybridized carbons (Fsp3) is 0.417. The Balaban J connectivity index is 1.74.